The summed E-state index contributed by atoms with van der Waals surface area (Å²) in [7, 11) is 0. The lowest BCUT2D eigenvalue weighted by molar-refractivity contribution is 0.0836. The first-order valence-corrected chi connectivity index (χ1v) is 7.63. The zero-order chi connectivity index (χ0) is 13.3. The van der Waals surface area contributed by atoms with Crippen LogP contribution in [0.2, 0.25) is 5.02 Å². The molecule has 0 radical (unpaired) electrons. The zero-order valence-corrected chi connectivity index (χ0v) is 13.1. The summed E-state index contributed by atoms with van der Waals surface area (Å²) in [6.45, 7) is 4.47. The molecule has 0 aliphatic heterocycles. The standard InChI is InChI=1S/C15H18BrClO/c1-9-5-10(2)7-11(6-9)15(18)13-4-3-12(16)8-14(13)17/h3-4,8-11H,5-7H2,1-2H3. The van der Waals surface area contributed by atoms with Crippen molar-refractivity contribution in [1.82, 2.24) is 0 Å². The van der Waals surface area contributed by atoms with Gasteiger partial charge in [0, 0.05) is 16.0 Å². The van der Waals surface area contributed by atoms with Crippen molar-refractivity contribution >= 4 is 33.3 Å². The highest BCUT2D eigenvalue weighted by atomic mass is 79.9. The van der Waals surface area contributed by atoms with Gasteiger partial charge >= 0.3 is 0 Å². The van der Waals surface area contributed by atoms with Crippen molar-refractivity contribution < 1.29 is 4.79 Å². The van der Waals surface area contributed by atoms with Crippen molar-refractivity contribution in [3.05, 3.63) is 33.3 Å². The van der Waals surface area contributed by atoms with Gasteiger partial charge in [-0.25, -0.2) is 0 Å². The van der Waals surface area contributed by atoms with E-state index in [1.54, 1.807) is 6.07 Å². The maximum atomic E-state index is 12.5. The molecule has 0 aromatic heterocycles. The molecule has 1 aliphatic carbocycles. The van der Waals surface area contributed by atoms with Crippen LogP contribution in [-0.2, 0) is 0 Å². The molecule has 18 heavy (non-hydrogen) atoms. The van der Waals surface area contributed by atoms with E-state index >= 15 is 0 Å². The van der Waals surface area contributed by atoms with Crippen LogP contribution in [0.25, 0.3) is 0 Å². The molecular weight excluding hydrogens is 312 g/mol. The lowest BCUT2D eigenvalue weighted by Gasteiger charge is -2.30. The van der Waals surface area contributed by atoms with Gasteiger partial charge in [-0.15, -0.1) is 0 Å². The molecular formula is C15H18BrClO. The van der Waals surface area contributed by atoms with Crippen LogP contribution >= 0.6 is 27.5 Å². The minimum atomic E-state index is 0.141. The Morgan fingerprint density at radius 1 is 1.22 bits per heavy atom. The average Bonchev–Trinajstić information content (AvgIpc) is 2.26. The highest BCUT2D eigenvalue weighted by molar-refractivity contribution is 9.10. The lowest BCUT2D eigenvalue weighted by Crippen LogP contribution is -2.26. The predicted molar refractivity (Wildman–Crippen MR) is 79.2 cm³/mol. The molecule has 98 valence electrons. The van der Waals surface area contributed by atoms with E-state index in [-0.39, 0.29) is 11.7 Å². The van der Waals surface area contributed by atoms with Crippen LogP contribution in [0.1, 0.15) is 43.5 Å². The second-order valence-corrected chi connectivity index (χ2v) is 6.93. The summed E-state index contributed by atoms with van der Waals surface area (Å²) in [5.41, 5.74) is 0.672. The second-order valence-electron chi connectivity index (χ2n) is 5.60. The van der Waals surface area contributed by atoms with Gasteiger partial charge in [0.15, 0.2) is 5.78 Å². The molecule has 0 bridgehead atoms. The van der Waals surface area contributed by atoms with Crippen molar-refractivity contribution in [3.8, 4) is 0 Å². The first-order valence-electron chi connectivity index (χ1n) is 6.46. The summed E-state index contributed by atoms with van der Waals surface area (Å²) in [5, 5.41) is 0.556. The van der Waals surface area contributed by atoms with Gasteiger partial charge < -0.3 is 0 Å². The van der Waals surface area contributed by atoms with Crippen LogP contribution in [0.4, 0.5) is 0 Å². The minimum absolute atomic E-state index is 0.141. The van der Waals surface area contributed by atoms with E-state index in [0.29, 0.717) is 22.4 Å². The predicted octanol–water partition coefficient (Wildman–Crippen LogP) is 5.36. The number of benzene rings is 1. The molecule has 0 N–H and O–H groups in total. The van der Waals surface area contributed by atoms with Crippen molar-refractivity contribution in [1.29, 1.82) is 0 Å². The fourth-order valence-electron chi connectivity index (χ4n) is 3.07. The normalized spacial score (nSPS) is 28.1. The molecule has 1 nitrogen and oxygen atoms in total. The van der Waals surface area contributed by atoms with Gasteiger partial charge in [0.05, 0.1) is 5.02 Å². The average molecular weight is 330 g/mol. The highest BCUT2D eigenvalue weighted by Gasteiger charge is 2.30. The van der Waals surface area contributed by atoms with Crippen molar-refractivity contribution in [3.63, 3.8) is 0 Å². The number of halogens is 2. The number of hydrogen-bond donors (Lipinski definition) is 0. The Labute approximate surface area is 122 Å². The second kappa shape index (κ2) is 5.75. The number of Topliss-reactive ketones (excluding diaryl/α,β-unsaturated/α-hetero) is 1. The Kier molecular flexibility index (Phi) is 4.50. The van der Waals surface area contributed by atoms with E-state index in [1.165, 1.54) is 6.42 Å². The number of rotatable bonds is 2. The monoisotopic (exact) mass is 328 g/mol. The van der Waals surface area contributed by atoms with Crippen LogP contribution in [0.3, 0.4) is 0 Å². The zero-order valence-electron chi connectivity index (χ0n) is 10.7. The summed E-state index contributed by atoms with van der Waals surface area (Å²) in [6, 6.07) is 5.51. The first-order chi connectivity index (χ1) is 8.47. The molecule has 2 unspecified atom stereocenters. The van der Waals surface area contributed by atoms with E-state index in [1.807, 2.05) is 12.1 Å². The van der Waals surface area contributed by atoms with Crippen molar-refractivity contribution in [2.24, 2.45) is 17.8 Å². The van der Waals surface area contributed by atoms with E-state index in [4.69, 9.17) is 11.6 Å². The fourth-order valence-corrected chi connectivity index (χ4v) is 3.84. The first kappa shape index (κ1) is 14.1. The molecule has 1 fully saturated rings. The largest absolute Gasteiger partial charge is 0.294 e. The number of ketones is 1. The molecule has 0 saturated heterocycles. The van der Waals surface area contributed by atoms with Crippen molar-refractivity contribution in [2.75, 3.05) is 0 Å². The molecule has 2 atom stereocenters. The van der Waals surface area contributed by atoms with E-state index < -0.39 is 0 Å². The Balaban J connectivity index is 2.20. The van der Waals surface area contributed by atoms with E-state index in [9.17, 15) is 4.79 Å². The number of hydrogen-bond acceptors (Lipinski definition) is 1. The maximum Gasteiger partial charge on any atom is 0.167 e. The topological polar surface area (TPSA) is 17.1 Å². The van der Waals surface area contributed by atoms with Gasteiger partial charge in [-0.1, -0.05) is 41.4 Å². The van der Waals surface area contributed by atoms with Crippen LogP contribution in [0, 0.1) is 17.8 Å². The minimum Gasteiger partial charge on any atom is -0.294 e. The Hall–Kier alpha value is -0.340. The van der Waals surface area contributed by atoms with Gasteiger partial charge in [-0.05, 0) is 49.3 Å². The summed E-state index contributed by atoms with van der Waals surface area (Å²) < 4.78 is 0.912. The van der Waals surface area contributed by atoms with Crippen LogP contribution < -0.4 is 0 Å². The summed E-state index contributed by atoms with van der Waals surface area (Å²) in [4.78, 5) is 12.5. The van der Waals surface area contributed by atoms with Gasteiger partial charge in [0.2, 0.25) is 0 Å². The molecule has 2 rings (SSSR count). The quantitative estimate of drug-likeness (QED) is 0.668. The molecule has 0 heterocycles. The van der Waals surface area contributed by atoms with Gasteiger partial charge in [-0.2, -0.15) is 0 Å². The smallest absolute Gasteiger partial charge is 0.167 e. The highest BCUT2D eigenvalue weighted by Crippen LogP contribution is 2.36. The maximum absolute atomic E-state index is 12.5. The lowest BCUT2D eigenvalue weighted by atomic mass is 9.74. The summed E-state index contributed by atoms with van der Waals surface area (Å²) in [5.74, 6) is 1.63. The van der Waals surface area contributed by atoms with Gasteiger partial charge in [0.25, 0.3) is 0 Å². The molecule has 1 aromatic rings. The number of carbonyl (C=O) groups excluding carboxylic acids is 1. The van der Waals surface area contributed by atoms with E-state index in [0.717, 1.165) is 17.3 Å². The van der Waals surface area contributed by atoms with Gasteiger partial charge in [0.1, 0.15) is 0 Å². The summed E-state index contributed by atoms with van der Waals surface area (Å²) in [6.07, 6.45) is 3.23. The van der Waals surface area contributed by atoms with Crippen LogP contribution in [0.15, 0.2) is 22.7 Å². The molecule has 1 aromatic carbocycles. The van der Waals surface area contributed by atoms with Crippen LogP contribution in [-0.4, -0.2) is 5.78 Å². The SMILES string of the molecule is CC1CC(C)CC(C(=O)c2ccc(Br)cc2Cl)C1. The Morgan fingerprint density at radius 3 is 2.39 bits per heavy atom. The third kappa shape index (κ3) is 3.16. The Bertz CT molecular complexity index is 448. The van der Waals surface area contributed by atoms with Crippen molar-refractivity contribution in [2.45, 2.75) is 33.1 Å². The third-order valence-corrected chi connectivity index (χ3v) is 4.55. The number of carbonyl (C=O) groups is 1. The Morgan fingerprint density at radius 2 is 1.83 bits per heavy atom. The third-order valence-electron chi connectivity index (χ3n) is 3.75. The molecule has 1 aliphatic rings. The van der Waals surface area contributed by atoms with Crippen LogP contribution in [0.5, 0.6) is 0 Å². The van der Waals surface area contributed by atoms with Gasteiger partial charge in [-0.3, -0.25) is 4.79 Å². The molecule has 0 spiro atoms. The fraction of sp³-hybridized carbons (Fsp3) is 0.533. The summed E-state index contributed by atoms with van der Waals surface area (Å²) >= 11 is 9.53. The molecule has 3 heteroatoms. The molecule has 0 amide bonds. The van der Waals surface area contributed by atoms with E-state index in [2.05, 4.69) is 29.8 Å². The molecule has 1 saturated carbocycles.